The standard InChI is InChI=1S/C7H10O6/c8-2-3(9)1-4-5(10)6(11)7(12)13-4/h3-5,8-10H,1-2H2/t3-,4-,5?/m1/s1. The van der Waals surface area contributed by atoms with Crippen LogP contribution in [0.5, 0.6) is 0 Å². The van der Waals surface area contributed by atoms with Crippen LogP contribution in [0.2, 0.25) is 0 Å². The number of rotatable bonds is 3. The van der Waals surface area contributed by atoms with Crippen LogP contribution in [0.4, 0.5) is 0 Å². The molecule has 1 rings (SSSR count). The molecule has 1 heterocycles. The fraction of sp³-hybridized carbons (Fsp3) is 0.714. The summed E-state index contributed by atoms with van der Waals surface area (Å²) in [6.07, 6.45) is -3.80. The predicted octanol–water partition coefficient (Wildman–Crippen LogP) is -2.41. The van der Waals surface area contributed by atoms with E-state index in [1.54, 1.807) is 0 Å². The minimum Gasteiger partial charge on any atom is -0.453 e. The van der Waals surface area contributed by atoms with E-state index in [2.05, 4.69) is 4.74 Å². The number of ether oxygens (including phenoxy) is 1. The predicted molar refractivity (Wildman–Crippen MR) is 38.6 cm³/mol. The lowest BCUT2D eigenvalue weighted by molar-refractivity contribution is -0.149. The van der Waals surface area contributed by atoms with Crippen molar-refractivity contribution in [2.75, 3.05) is 6.61 Å². The second kappa shape index (κ2) is 3.82. The summed E-state index contributed by atoms with van der Waals surface area (Å²) < 4.78 is 4.45. The molecule has 1 unspecified atom stereocenters. The van der Waals surface area contributed by atoms with Crippen molar-refractivity contribution in [2.45, 2.75) is 24.7 Å². The lowest BCUT2D eigenvalue weighted by atomic mass is 10.1. The fourth-order valence-electron chi connectivity index (χ4n) is 1.07. The summed E-state index contributed by atoms with van der Waals surface area (Å²) in [5, 5.41) is 26.5. The number of hydrogen-bond acceptors (Lipinski definition) is 6. The smallest absolute Gasteiger partial charge is 0.377 e. The molecule has 3 atom stereocenters. The van der Waals surface area contributed by atoms with E-state index in [1.165, 1.54) is 0 Å². The van der Waals surface area contributed by atoms with Crippen LogP contribution >= 0.6 is 0 Å². The maximum Gasteiger partial charge on any atom is 0.377 e. The molecule has 0 bridgehead atoms. The molecule has 0 aromatic rings. The monoisotopic (exact) mass is 190 g/mol. The molecule has 6 nitrogen and oxygen atoms in total. The number of esters is 1. The van der Waals surface area contributed by atoms with Crippen molar-refractivity contribution in [1.29, 1.82) is 0 Å². The highest BCUT2D eigenvalue weighted by Gasteiger charge is 2.42. The van der Waals surface area contributed by atoms with Gasteiger partial charge in [0.05, 0.1) is 12.7 Å². The van der Waals surface area contributed by atoms with Gasteiger partial charge in [-0.1, -0.05) is 0 Å². The van der Waals surface area contributed by atoms with Crippen LogP contribution in [0.25, 0.3) is 0 Å². The van der Waals surface area contributed by atoms with Crippen LogP contribution < -0.4 is 0 Å². The van der Waals surface area contributed by atoms with Gasteiger partial charge in [0.1, 0.15) is 6.10 Å². The van der Waals surface area contributed by atoms with Gasteiger partial charge in [0.15, 0.2) is 6.10 Å². The van der Waals surface area contributed by atoms with E-state index in [1.807, 2.05) is 0 Å². The summed E-state index contributed by atoms with van der Waals surface area (Å²) in [6, 6.07) is 0. The molecule has 0 aromatic carbocycles. The van der Waals surface area contributed by atoms with Gasteiger partial charge in [-0.25, -0.2) is 4.79 Å². The first kappa shape index (κ1) is 10.1. The first-order valence-electron chi connectivity index (χ1n) is 3.78. The van der Waals surface area contributed by atoms with Crippen LogP contribution in [0.3, 0.4) is 0 Å². The molecule has 13 heavy (non-hydrogen) atoms. The Hall–Kier alpha value is -0.980. The van der Waals surface area contributed by atoms with Crippen molar-refractivity contribution >= 4 is 11.8 Å². The second-order valence-electron chi connectivity index (χ2n) is 2.82. The maximum absolute atomic E-state index is 10.7. The third-order valence-corrected chi connectivity index (χ3v) is 1.80. The molecule has 6 heteroatoms. The van der Waals surface area contributed by atoms with Crippen molar-refractivity contribution in [3.05, 3.63) is 0 Å². The Bertz CT molecular complexity index is 225. The number of hydrogen-bond donors (Lipinski definition) is 3. The van der Waals surface area contributed by atoms with Gasteiger partial charge in [-0.2, -0.15) is 0 Å². The zero-order valence-electron chi connectivity index (χ0n) is 6.71. The third kappa shape index (κ3) is 2.03. The summed E-state index contributed by atoms with van der Waals surface area (Å²) in [6.45, 7) is -0.505. The highest BCUT2D eigenvalue weighted by Crippen LogP contribution is 2.16. The number of cyclic esters (lactones) is 1. The zero-order chi connectivity index (χ0) is 10.0. The van der Waals surface area contributed by atoms with E-state index < -0.39 is 36.7 Å². The first-order valence-corrected chi connectivity index (χ1v) is 3.78. The lowest BCUT2D eigenvalue weighted by Crippen LogP contribution is -2.31. The zero-order valence-corrected chi connectivity index (χ0v) is 6.71. The normalized spacial score (nSPS) is 30.4. The Morgan fingerprint density at radius 3 is 2.46 bits per heavy atom. The topological polar surface area (TPSA) is 104 Å². The Labute approximate surface area is 73.7 Å². The molecule has 0 saturated carbocycles. The van der Waals surface area contributed by atoms with E-state index >= 15 is 0 Å². The van der Waals surface area contributed by atoms with Crippen LogP contribution in [-0.4, -0.2) is 52.0 Å². The Morgan fingerprint density at radius 1 is 1.46 bits per heavy atom. The van der Waals surface area contributed by atoms with Crippen molar-refractivity contribution in [1.82, 2.24) is 0 Å². The van der Waals surface area contributed by atoms with Crippen molar-refractivity contribution < 1.29 is 29.6 Å². The van der Waals surface area contributed by atoms with Gasteiger partial charge in [-0.05, 0) is 0 Å². The van der Waals surface area contributed by atoms with Gasteiger partial charge in [0.25, 0.3) is 5.78 Å². The molecule has 0 aliphatic carbocycles. The average molecular weight is 190 g/mol. The molecule has 1 aliphatic heterocycles. The van der Waals surface area contributed by atoms with Crippen molar-refractivity contribution in [3.63, 3.8) is 0 Å². The summed E-state index contributed by atoms with van der Waals surface area (Å²) in [7, 11) is 0. The first-order chi connectivity index (χ1) is 6.06. The molecular weight excluding hydrogens is 180 g/mol. The molecule has 3 N–H and O–H groups in total. The SMILES string of the molecule is O=C1O[C@H](C[C@@H](O)CO)C(O)C1=O. The quantitative estimate of drug-likeness (QED) is 0.338. The Balaban J connectivity index is 2.54. The number of ketones is 1. The summed E-state index contributed by atoms with van der Waals surface area (Å²) in [5.74, 6) is -2.10. The van der Waals surface area contributed by atoms with Gasteiger partial charge in [0.2, 0.25) is 0 Å². The maximum atomic E-state index is 10.7. The minimum atomic E-state index is -1.52. The number of Topliss-reactive ketones (excluding diaryl/α,β-unsaturated/α-hetero) is 1. The van der Waals surface area contributed by atoms with Crippen molar-refractivity contribution in [2.24, 2.45) is 0 Å². The number of carbonyl (C=O) groups excluding carboxylic acids is 2. The van der Waals surface area contributed by atoms with Gasteiger partial charge >= 0.3 is 5.97 Å². The lowest BCUT2D eigenvalue weighted by Gasteiger charge is -2.14. The highest BCUT2D eigenvalue weighted by molar-refractivity contribution is 6.37. The van der Waals surface area contributed by atoms with Crippen LogP contribution in [0, 0.1) is 0 Å². The third-order valence-electron chi connectivity index (χ3n) is 1.80. The fourth-order valence-corrected chi connectivity index (χ4v) is 1.07. The van der Waals surface area contributed by atoms with Gasteiger partial charge in [0, 0.05) is 6.42 Å². The van der Waals surface area contributed by atoms with Crippen LogP contribution in [-0.2, 0) is 14.3 Å². The molecule has 0 spiro atoms. The van der Waals surface area contributed by atoms with Crippen LogP contribution in [0.15, 0.2) is 0 Å². The summed E-state index contributed by atoms with van der Waals surface area (Å²) >= 11 is 0. The summed E-state index contributed by atoms with van der Waals surface area (Å²) in [4.78, 5) is 21.3. The minimum absolute atomic E-state index is 0.144. The number of aliphatic hydroxyl groups is 3. The van der Waals surface area contributed by atoms with E-state index in [0.717, 1.165) is 0 Å². The largest absolute Gasteiger partial charge is 0.453 e. The Kier molecular flexibility index (Phi) is 2.97. The molecule has 1 fully saturated rings. The van der Waals surface area contributed by atoms with E-state index in [-0.39, 0.29) is 6.42 Å². The van der Waals surface area contributed by atoms with Crippen molar-refractivity contribution in [3.8, 4) is 0 Å². The van der Waals surface area contributed by atoms with Gasteiger partial charge in [-0.15, -0.1) is 0 Å². The number of carbonyl (C=O) groups is 2. The Morgan fingerprint density at radius 2 is 2.08 bits per heavy atom. The molecule has 1 saturated heterocycles. The van der Waals surface area contributed by atoms with E-state index in [9.17, 15) is 9.59 Å². The molecule has 0 radical (unpaired) electrons. The van der Waals surface area contributed by atoms with Gasteiger partial charge in [-0.3, -0.25) is 4.79 Å². The average Bonchev–Trinajstić information content (AvgIpc) is 2.34. The number of aliphatic hydroxyl groups excluding tert-OH is 3. The second-order valence-corrected chi connectivity index (χ2v) is 2.82. The molecule has 0 amide bonds. The van der Waals surface area contributed by atoms with E-state index in [0.29, 0.717) is 0 Å². The molecule has 74 valence electrons. The summed E-state index contributed by atoms with van der Waals surface area (Å²) in [5.41, 5.74) is 0. The van der Waals surface area contributed by atoms with Gasteiger partial charge < -0.3 is 20.1 Å². The molecule has 1 aliphatic rings. The molecular formula is C7H10O6. The van der Waals surface area contributed by atoms with Crippen LogP contribution in [0.1, 0.15) is 6.42 Å². The highest BCUT2D eigenvalue weighted by atomic mass is 16.6. The molecule has 0 aromatic heterocycles. The van der Waals surface area contributed by atoms with E-state index in [4.69, 9.17) is 15.3 Å².